The fourth-order valence-corrected chi connectivity index (χ4v) is 5.74. The van der Waals surface area contributed by atoms with Crippen molar-refractivity contribution < 1.29 is 24.3 Å². The van der Waals surface area contributed by atoms with Gasteiger partial charge in [-0.3, -0.25) is 4.79 Å². The molecule has 44 heavy (non-hydrogen) atoms. The second-order valence-corrected chi connectivity index (χ2v) is 11.2. The van der Waals surface area contributed by atoms with Crippen molar-refractivity contribution in [1.29, 1.82) is 0 Å². The molecule has 1 unspecified atom stereocenters. The Hall–Kier alpha value is -4.49. The number of carbonyl (C=O) groups is 1. The number of benzene rings is 4. The number of allylic oxidation sites excluding steroid dienone is 1. The maximum Gasteiger partial charge on any atom is 0.306 e. The second-order valence-electron chi connectivity index (χ2n) is 11.2. The molecule has 0 amide bonds. The number of hydrogen-bond acceptors (Lipinski definition) is 6. The van der Waals surface area contributed by atoms with Crippen LogP contribution in [0.15, 0.2) is 96.9 Å². The van der Waals surface area contributed by atoms with E-state index in [1.807, 2.05) is 67.6 Å². The van der Waals surface area contributed by atoms with E-state index in [2.05, 4.69) is 54.4 Å². The van der Waals surface area contributed by atoms with E-state index in [1.54, 1.807) is 0 Å². The Balaban J connectivity index is 0.00000442. The minimum Gasteiger partial charge on any atom is -0.488 e. The highest BCUT2D eigenvalue weighted by atomic mass is 16.5. The minimum atomic E-state index is -0.598. The first-order chi connectivity index (χ1) is 20.9. The number of anilines is 2. The van der Waals surface area contributed by atoms with Gasteiger partial charge in [-0.2, -0.15) is 0 Å². The number of ether oxygens (including phenoxy) is 3. The van der Waals surface area contributed by atoms with Crippen molar-refractivity contribution in [2.24, 2.45) is 0 Å². The molecule has 0 aromatic heterocycles. The SMILES string of the molecule is C.CCCN1/C(=C/CC(C)(CC(=O)OCC)c2cc(N)ccc2[NH2+]CCOc2ccccc2)Oc2c1ccc1ccccc21. The van der Waals surface area contributed by atoms with Crippen LogP contribution in [0.4, 0.5) is 17.1 Å². The summed E-state index contributed by atoms with van der Waals surface area (Å²) >= 11 is 0. The highest BCUT2D eigenvalue weighted by Crippen LogP contribution is 2.45. The maximum absolute atomic E-state index is 13.0. The van der Waals surface area contributed by atoms with E-state index >= 15 is 0 Å². The molecule has 232 valence electrons. The van der Waals surface area contributed by atoms with Crippen LogP contribution in [-0.4, -0.2) is 32.3 Å². The van der Waals surface area contributed by atoms with E-state index in [9.17, 15) is 4.79 Å². The van der Waals surface area contributed by atoms with Crippen LogP contribution < -0.4 is 25.4 Å². The largest absolute Gasteiger partial charge is 0.488 e. The van der Waals surface area contributed by atoms with E-state index in [0.29, 0.717) is 31.9 Å². The molecule has 0 spiro atoms. The fourth-order valence-electron chi connectivity index (χ4n) is 5.74. The lowest BCUT2D eigenvalue weighted by atomic mass is 9.75. The molecule has 1 atom stereocenters. The molecule has 5 rings (SSSR count). The Kier molecular flexibility index (Phi) is 10.9. The maximum atomic E-state index is 13.0. The Bertz CT molecular complexity index is 1590. The average Bonchev–Trinajstić information content (AvgIpc) is 3.37. The molecule has 1 aliphatic heterocycles. The standard InChI is InChI=1S/C36H41N3O4.CH4/c1-4-22-39-32-18-15-26-11-9-10-14-29(26)35(32)43-33(39)19-20-36(3,25-34(40)41-5-2)30-24-27(37)16-17-31(30)38-21-23-42-28-12-7-6-8-13-28;/h6-19,24,38H,4-5,20-23,25,37H2,1-3H3;1H4/p+1/b33-19-;. The Labute approximate surface area is 261 Å². The van der Waals surface area contributed by atoms with Gasteiger partial charge in [-0.1, -0.05) is 69.8 Å². The van der Waals surface area contributed by atoms with Gasteiger partial charge in [0.1, 0.15) is 24.6 Å². The van der Waals surface area contributed by atoms with Crippen LogP contribution in [0.5, 0.6) is 11.5 Å². The average molecular weight is 597 g/mol. The summed E-state index contributed by atoms with van der Waals surface area (Å²) in [4.78, 5) is 15.2. The Morgan fingerprint density at radius 3 is 2.57 bits per heavy atom. The molecule has 0 fully saturated rings. The normalized spacial score (nSPS) is 14.4. The number of carbonyl (C=O) groups excluding carboxylic acids is 1. The van der Waals surface area contributed by atoms with Crippen molar-refractivity contribution in [3.63, 3.8) is 0 Å². The van der Waals surface area contributed by atoms with E-state index in [0.717, 1.165) is 58.1 Å². The molecule has 4 aromatic carbocycles. The van der Waals surface area contributed by atoms with Crippen LogP contribution in [-0.2, 0) is 14.9 Å². The molecular weight excluding hydrogens is 550 g/mol. The molecule has 0 saturated carbocycles. The van der Waals surface area contributed by atoms with Gasteiger partial charge < -0.3 is 30.2 Å². The second kappa shape index (κ2) is 14.8. The van der Waals surface area contributed by atoms with Gasteiger partial charge in [-0.05, 0) is 61.6 Å². The van der Waals surface area contributed by atoms with Crippen molar-refractivity contribution in [3.8, 4) is 11.5 Å². The zero-order valence-corrected chi connectivity index (χ0v) is 25.3. The first-order valence-corrected chi connectivity index (χ1v) is 15.2. The minimum absolute atomic E-state index is 0. The topological polar surface area (TPSA) is 90.6 Å². The highest BCUT2D eigenvalue weighted by molar-refractivity contribution is 5.95. The molecule has 0 aliphatic carbocycles. The summed E-state index contributed by atoms with van der Waals surface area (Å²) in [5.74, 6) is 2.26. The van der Waals surface area contributed by atoms with Gasteiger partial charge in [0.15, 0.2) is 11.6 Å². The number of esters is 1. The number of nitrogens with two attached hydrogens (primary N) is 2. The van der Waals surface area contributed by atoms with Crippen LogP contribution >= 0.6 is 0 Å². The molecule has 4 N–H and O–H groups in total. The smallest absolute Gasteiger partial charge is 0.306 e. The molecule has 0 bridgehead atoms. The van der Waals surface area contributed by atoms with E-state index in [4.69, 9.17) is 19.9 Å². The van der Waals surface area contributed by atoms with Crippen LogP contribution in [0, 0.1) is 0 Å². The summed E-state index contributed by atoms with van der Waals surface area (Å²) in [5.41, 5.74) is 9.48. The molecule has 1 aliphatic rings. The Morgan fingerprint density at radius 2 is 1.80 bits per heavy atom. The van der Waals surface area contributed by atoms with Gasteiger partial charge in [0.25, 0.3) is 0 Å². The lowest BCUT2D eigenvalue weighted by Crippen LogP contribution is -2.80. The Morgan fingerprint density at radius 1 is 1.02 bits per heavy atom. The van der Waals surface area contributed by atoms with Crippen LogP contribution in [0.25, 0.3) is 10.8 Å². The van der Waals surface area contributed by atoms with Crippen molar-refractivity contribution in [1.82, 2.24) is 0 Å². The van der Waals surface area contributed by atoms with E-state index in [1.165, 1.54) is 0 Å². The summed E-state index contributed by atoms with van der Waals surface area (Å²) in [6.07, 6.45) is 3.85. The van der Waals surface area contributed by atoms with Crippen LogP contribution in [0.2, 0.25) is 0 Å². The zero-order valence-electron chi connectivity index (χ0n) is 25.3. The summed E-state index contributed by atoms with van der Waals surface area (Å²) in [5, 5.41) is 4.39. The third-order valence-corrected chi connectivity index (χ3v) is 7.86. The predicted molar refractivity (Wildman–Crippen MR) is 179 cm³/mol. The summed E-state index contributed by atoms with van der Waals surface area (Å²) < 4.78 is 17.9. The number of para-hydroxylation sites is 1. The number of fused-ring (bicyclic) bond motifs is 3. The van der Waals surface area contributed by atoms with Gasteiger partial charge >= 0.3 is 5.97 Å². The molecular formula is C37H46N3O4+. The van der Waals surface area contributed by atoms with Gasteiger partial charge in [0, 0.05) is 34.7 Å². The molecule has 7 nitrogen and oxygen atoms in total. The number of nitrogen functional groups attached to an aromatic ring is 1. The number of rotatable bonds is 13. The van der Waals surface area contributed by atoms with Crippen molar-refractivity contribution in [2.75, 3.05) is 36.9 Å². The quantitative estimate of drug-likeness (QED) is 0.0974. The van der Waals surface area contributed by atoms with Crippen molar-refractivity contribution in [3.05, 3.63) is 102 Å². The summed E-state index contributed by atoms with van der Waals surface area (Å²) in [6, 6.07) is 28.3. The third-order valence-electron chi connectivity index (χ3n) is 7.86. The van der Waals surface area contributed by atoms with Crippen LogP contribution in [0.3, 0.4) is 0 Å². The van der Waals surface area contributed by atoms with Gasteiger partial charge in [-0.15, -0.1) is 0 Å². The molecule has 0 saturated heterocycles. The van der Waals surface area contributed by atoms with E-state index < -0.39 is 5.41 Å². The van der Waals surface area contributed by atoms with Crippen LogP contribution in [0.1, 0.15) is 53.0 Å². The number of quaternary nitrogens is 1. The first-order valence-electron chi connectivity index (χ1n) is 15.2. The molecule has 1 heterocycles. The fraction of sp³-hybridized carbons (Fsp3) is 0.324. The third kappa shape index (κ3) is 7.34. The lowest BCUT2D eigenvalue weighted by molar-refractivity contribution is -0.573. The van der Waals surface area contributed by atoms with E-state index in [-0.39, 0.29) is 19.8 Å². The zero-order chi connectivity index (χ0) is 30.2. The first kappa shape index (κ1) is 32.4. The summed E-state index contributed by atoms with van der Waals surface area (Å²) in [6.45, 7) is 8.51. The predicted octanol–water partition coefficient (Wildman–Crippen LogP) is 7.08. The molecule has 7 heteroatoms. The lowest BCUT2D eigenvalue weighted by Gasteiger charge is -2.30. The number of nitrogens with zero attached hydrogens (tertiary/aromatic N) is 1. The monoisotopic (exact) mass is 596 g/mol. The van der Waals surface area contributed by atoms with Gasteiger partial charge in [0.05, 0.1) is 18.7 Å². The van der Waals surface area contributed by atoms with Gasteiger partial charge in [-0.25, -0.2) is 0 Å². The van der Waals surface area contributed by atoms with Crippen molar-refractivity contribution >= 4 is 33.8 Å². The molecule has 4 aromatic rings. The molecule has 0 radical (unpaired) electrons. The van der Waals surface area contributed by atoms with Crippen molar-refractivity contribution in [2.45, 2.75) is 52.9 Å². The summed E-state index contributed by atoms with van der Waals surface area (Å²) in [7, 11) is 0. The van der Waals surface area contributed by atoms with Gasteiger partial charge in [0.2, 0.25) is 0 Å². The number of hydrogen-bond donors (Lipinski definition) is 2. The highest BCUT2D eigenvalue weighted by Gasteiger charge is 2.35.